The summed E-state index contributed by atoms with van der Waals surface area (Å²) in [5, 5.41) is 12.5. The quantitative estimate of drug-likeness (QED) is 0.770. The molecule has 0 bridgehead atoms. The second-order valence-corrected chi connectivity index (χ2v) is 7.08. The summed E-state index contributed by atoms with van der Waals surface area (Å²) in [5.41, 5.74) is 2.48. The van der Waals surface area contributed by atoms with Crippen LogP contribution in [0.2, 0.25) is 0 Å². The Labute approximate surface area is 149 Å². The van der Waals surface area contributed by atoms with Gasteiger partial charge in [-0.15, -0.1) is 0 Å². The summed E-state index contributed by atoms with van der Waals surface area (Å²) in [5.74, 6) is 0.668. The average molecular weight is 344 g/mol. The molecular formula is C19H28N4O2. The lowest BCUT2D eigenvalue weighted by molar-refractivity contribution is -0.142. The van der Waals surface area contributed by atoms with Gasteiger partial charge in [0, 0.05) is 31.4 Å². The summed E-state index contributed by atoms with van der Waals surface area (Å²) in [4.78, 5) is 22.4. The Morgan fingerprint density at radius 1 is 1.32 bits per heavy atom. The Balaban J connectivity index is 1.57. The first-order valence-corrected chi connectivity index (χ1v) is 9.37. The normalized spacial score (nSPS) is 18.8. The number of allylic oxidation sites excluding steroid dienone is 1. The number of anilines is 2. The molecule has 1 saturated heterocycles. The van der Waals surface area contributed by atoms with Crippen LogP contribution >= 0.6 is 0 Å². The molecule has 1 aromatic heterocycles. The van der Waals surface area contributed by atoms with Crippen LogP contribution in [0.5, 0.6) is 0 Å². The van der Waals surface area contributed by atoms with Crippen LogP contribution in [0, 0.1) is 12.8 Å². The minimum Gasteiger partial charge on any atom is -0.481 e. The van der Waals surface area contributed by atoms with E-state index in [1.165, 1.54) is 25.7 Å². The standard InChI is InChI=1S/C19H28N4O2/c1-14-13-17(23-11-8-16(9-12-23)18(24)25)22-19(21-14)20-10-7-15-5-3-2-4-6-15/h5,13,16H,2-4,6-12H2,1H3,(H,24,25)(H,20,21,22). The molecule has 0 radical (unpaired) electrons. The van der Waals surface area contributed by atoms with E-state index >= 15 is 0 Å². The SMILES string of the molecule is Cc1cc(N2CCC(C(=O)O)CC2)nc(NCCC2=CCCCC2)n1. The summed E-state index contributed by atoms with van der Waals surface area (Å²) in [6.07, 6.45) is 9.84. The van der Waals surface area contributed by atoms with Crippen molar-refractivity contribution >= 4 is 17.7 Å². The summed E-state index contributed by atoms with van der Waals surface area (Å²) >= 11 is 0. The highest BCUT2D eigenvalue weighted by Crippen LogP contribution is 2.24. The van der Waals surface area contributed by atoms with Gasteiger partial charge in [0.25, 0.3) is 0 Å². The van der Waals surface area contributed by atoms with Gasteiger partial charge in [0.1, 0.15) is 5.82 Å². The smallest absolute Gasteiger partial charge is 0.306 e. The van der Waals surface area contributed by atoms with Crippen molar-refractivity contribution in [3.05, 3.63) is 23.4 Å². The van der Waals surface area contributed by atoms with Crippen molar-refractivity contribution in [2.45, 2.75) is 51.9 Å². The molecular weight excluding hydrogens is 316 g/mol. The fourth-order valence-electron chi connectivity index (χ4n) is 3.62. The van der Waals surface area contributed by atoms with E-state index in [4.69, 9.17) is 5.11 Å². The summed E-state index contributed by atoms with van der Waals surface area (Å²) < 4.78 is 0. The van der Waals surface area contributed by atoms with Crippen molar-refractivity contribution in [2.24, 2.45) is 5.92 Å². The van der Waals surface area contributed by atoms with Gasteiger partial charge in [-0.2, -0.15) is 4.98 Å². The van der Waals surface area contributed by atoms with Crippen LogP contribution in [-0.4, -0.2) is 40.7 Å². The van der Waals surface area contributed by atoms with Gasteiger partial charge in [-0.1, -0.05) is 11.6 Å². The third-order valence-corrected chi connectivity index (χ3v) is 5.12. The molecule has 0 aromatic carbocycles. The maximum absolute atomic E-state index is 11.1. The molecule has 1 aromatic rings. The first-order valence-electron chi connectivity index (χ1n) is 9.37. The average Bonchev–Trinajstić information content (AvgIpc) is 2.62. The Hall–Kier alpha value is -2.11. The van der Waals surface area contributed by atoms with Crippen LogP contribution in [-0.2, 0) is 4.79 Å². The van der Waals surface area contributed by atoms with Crippen molar-refractivity contribution < 1.29 is 9.90 Å². The van der Waals surface area contributed by atoms with Gasteiger partial charge < -0.3 is 15.3 Å². The number of carbonyl (C=O) groups is 1. The van der Waals surface area contributed by atoms with Crippen molar-refractivity contribution in [2.75, 3.05) is 29.9 Å². The molecule has 2 aliphatic rings. The fourth-order valence-corrected chi connectivity index (χ4v) is 3.62. The number of aliphatic carboxylic acids is 1. The Morgan fingerprint density at radius 2 is 2.12 bits per heavy atom. The predicted octanol–water partition coefficient (Wildman–Crippen LogP) is 3.39. The van der Waals surface area contributed by atoms with Crippen molar-refractivity contribution in [3.8, 4) is 0 Å². The number of carboxylic acid groups (broad SMARTS) is 1. The zero-order chi connectivity index (χ0) is 17.6. The van der Waals surface area contributed by atoms with Gasteiger partial charge in [-0.25, -0.2) is 4.98 Å². The lowest BCUT2D eigenvalue weighted by Crippen LogP contribution is -2.37. The second kappa shape index (κ2) is 8.32. The van der Waals surface area contributed by atoms with Crippen molar-refractivity contribution in [1.29, 1.82) is 0 Å². The lowest BCUT2D eigenvalue weighted by atomic mass is 9.97. The molecule has 1 fully saturated rings. The highest BCUT2D eigenvalue weighted by atomic mass is 16.4. The number of rotatable bonds is 6. The number of carboxylic acids is 1. The van der Waals surface area contributed by atoms with Crippen LogP contribution in [0.15, 0.2) is 17.7 Å². The molecule has 136 valence electrons. The Kier molecular flexibility index (Phi) is 5.89. The van der Waals surface area contributed by atoms with E-state index in [0.717, 1.165) is 37.6 Å². The number of piperidine rings is 1. The fraction of sp³-hybridized carbons (Fsp3) is 0.632. The topological polar surface area (TPSA) is 78.4 Å². The van der Waals surface area contributed by atoms with Gasteiger partial charge in [0.15, 0.2) is 0 Å². The maximum Gasteiger partial charge on any atom is 0.306 e. The number of hydrogen-bond donors (Lipinski definition) is 2. The molecule has 3 rings (SSSR count). The van der Waals surface area contributed by atoms with Gasteiger partial charge in [0.05, 0.1) is 5.92 Å². The number of hydrogen-bond acceptors (Lipinski definition) is 5. The molecule has 0 spiro atoms. The van der Waals surface area contributed by atoms with E-state index in [1.807, 2.05) is 13.0 Å². The van der Waals surface area contributed by atoms with Crippen molar-refractivity contribution in [3.63, 3.8) is 0 Å². The van der Waals surface area contributed by atoms with Crippen LogP contribution < -0.4 is 10.2 Å². The molecule has 2 heterocycles. The summed E-state index contributed by atoms with van der Waals surface area (Å²) in [6, 6.07) is 1.98. The molecule has 1 aliphatic carbocycles. The molecule has 0 amide bonds. The molecule has 0 unspecified atom stereocenters. The van der Waals surface area contributed by atoms with E-state index < -0.39 is 5.97 Å². The second-order valence-electron chi connectivity index (χ2n) is 7.08. The van der Waals surface area contributed by atoms with Crippen molar-refractivity contribution in [1.82, 2.24) is 9.97 Å². The van der Waals surface area contributed by atoms with E-state index in [-0.39, 0.29) is 5.92 Å². The molecule has 0 atom stereocenters. The third-order valence-electron chi connectivity index (χ3n) is 5.12. The van der Waals surface area contributed by atoms with Crippen LogP contribution in [0.4, 0.5) is 11.8 Å². The molecule has 6 heteroatoms. The highest BCUT2D eigenvalue weighted by Gasteiger charge is 2.25. The Bertz CT molecular complexity index is 636. The molecule has 6 nitrogen and oxygen atoms in total. The van der Waals surface area contributed by atoms with Crippen LogP contribution in [0.1, 0.15) is 50.6 Å². The zero-order valence-corrected chi connectivity index (χ0v) is 15.0. The largest absolute Gasteiger partial charge is 0.481 e. The third kappa shape index (κ3) is 4.94. The van der Waals surface area contributed by atoms with E-state index in [0.29, 0.717) is 18.8 Å². The lowest BCUT2D eigenvalue weighted by Gasteiger charge is -2.31. The number of nitrogens with one attached hydrogen (secondary N) is 1. The van der Waals surface area contributed by atoms with Gasteiger partial charge in [-0.05, 0) is 51.9 Å². The highest BCUT2D eigenvalue weighted by molar-refractivity contribution is 5.70. The van der Waals surface area contributed by atoms with Gasteiger partial charge >= 0.3 is 5.97 Å². The number of aromatic nitrogens is 2. The molecule has 0 saturated carbocycles. The predicted molar refractivity (Wildman–Crippen MR) is 99.0 cm³/mol. The number of nitrogens with zero attached hydrogens (tertiary/aromatic N) is 3. The minimum absolute atomic E-state index is 0.222. The summed E-state index contributed by atoms with van der Waals surface area (Å²) in [6.45, 7) is 4.30. The minimum atomic E-state index is -0.683. The van der Waals surface area contributed by atoms with E-state index in [9.17, 15) is 4.79 Å². The van der Waals surface area contributed by atoms with Gasteiger partial charge in [0.2, 0.25) is 5.95 Å². The molecule has 1 aliphatic heterocycles. The first kappa shape index (κ1) is 17.7. The van der Waals surface area contributed by atoms with Crippen LogP contribution in [0.3, 0.4) is 0 Å². The Morgan fingerprint density at radius 3 is 2.80 bits per heavy atom. The number of aryl methyl sites for hydroxylation is 1. The van der Waals surface area contributed by atoms with E-state index in [2.05, 4.69) is 26.3 Å². The monoisotopic (exact) mass is 344 g/mol. The summed E-state index contributed by atoms with van der Waals surface area (Å²) in [7, 11) is 0. The van der Waals surface area contributed by atoms with E-state index in [1.54, 1.807) is 5.57 Å². The first-order chi connectivity index (χ1) is 12.1. The zero-order valence-electron chi connectivity index (χ0n) is 15.0. The maximum atomic E-state index is 11.1. The van der Waals surface area contributed by atoms with Gasteiger partial charge in [-0.3, -0.25) is 4.79 Å². The molecule has 2 N–H and O–H groups in total. The van der Waals surface area contributed by atoms with Crippen LogP contribution in [0.25, 0.3) is 0 Å². The molecule has 25 heavy (non-hydrogen) atoms.